The summed E-state index contributed by atoms with van der Waals surface area (Å²) in [6.45, 7) is 4.51. The normalized spacial score (nSPS) is 15.7. The fourth-order valence-electron chi connectivity index (χ4n) is 2.89. The molecule has 0 bridgehead atoms. The van der Waals surface area contributed by atoms with Crippen molar-refractivity contribution in [3.8, 4) is 0 Å². The van der Waals surface area contributed by atoms with Crippen LogP contribution in [-0.2, 0) is 4.74 Å². The maximum Gasteiger partial charge on any atom is 0.251 e. The SMILES string of the molecule is C\C=C/C(=C\C(=C\CC)C1CC1)CN=C(CNC(=O)c1cc(F)cc(F)c1)OC. The molecule has 1 aliphatic rings. The predicted octanol–water partition coefficient (Wildman–Crippen LogP) is 4.99. The number of allylic oxidation sites excluding steroid dienone is 4. The van der Waals surface area contributed by atoms with E-state index in [2.05, 4.69) is 29.4 Å². The topological polar surface area (TPSA) is 50.7 Å². The number of carbonyl (C=O) groups is 1. The molecule has 2 rings (SSSR count). The lowest BCUT2D eigenvalue weighted by molar-refractivity contribution is 0.0956. The van der Waals surface area contributed by atoms with Gasteiger partial charge in [0.05, 0.1) is 20.2 Å². The summed E-state index contributed by atoms with van der Waals surface area (Å²) in [7, 11) is 1.47. The lowest BCUT2D eigenvalue weighted by Crippen LogP contribution is -2.30. The number of hydrogen-bond donors (Lipinski definition) is 1. The van der Waals surface area contributed by atoms with E-state index >= 15 is 0 Å². The van der Waals surface area contributed by atoms with E-state index in [1.54, 1.807) is 0 Å². The third-order valence-electron chi connectivity index (χ3n) is 4.42. The number of halogens is 2. The Morgan fingerprint density at radius 3 is 2.52 bits per heavy atom. The van der Waals surface area contributed by atoms with E-state index in [1.807, 2.05) is 19.1 Å². The molecule has 1 aromatic rings. The summed E-state index contributed by atoms with van der Waals surface area (Å²) in [5, 5.41) is 2.57. The molecule has 0 saturated heterocycles. The number of aliphatic imine (C=N–C) groups is 1. The Morgan fingerprint density at radius 1 is 1.28 bits per heavy atom. The van der Waals surface area contributed by atoms with Crippen molar-refractivity contribution in [3.63, 3.8) is 0 Å². The summed E-state index contributed by atoms with van der Waals surface area (Å²) in [4.78, 5) is 16.6. The van der Waals surface area contributed by atoms with Gasteiger partial charge in [0, 0.05) is 11.6 Å². The maximum atomic E-state index is 13.3. The van der Waals surface area contributed by atoms with E-state index in [9.17, 15) is 13.6 Å². The predicted molar refractivity (Wildman–Crippen MR) is 112 cm³/mol. The van der Waals surface area contributed by atoms with Crippen LogP contribution in [0.4, 0.5) is 8.78 Å². The van der Waals surface area contributed by atoms with Crippen molar-refractivity contribution >= 4 is 11.8 Å². The van der Waals surface area contributed by atoms with Crippen molar-refractivity contribution in [1.29, 1.82) is 0 Å². The van der Waals surface area contributed by atoms with Crippen molar-refractivity contribution in [3.05, 3.63) is 70.8 Å². The first-order chi connectivity index (χ1) is 14.0. The molecule has 29 heavy (non-hydrogen) atoms. The van der Waals surface area contributed by atoms with Crippen LogP contribution >= 0.6 is 0 Å². The molecule has 0 heterocycles. The van der Waals surface area contributed by atoms with Gasteiger partial charge in [-0.25, -0.2) is 13.8 Å². The van der Waals surface area contributed by atoms with E-state index in [1.165, 1.54) is 25.5 Å². The van der Waals surface area contributed by atoms with Gasteiger partial charge in [-0.3, -0.25) is 4.79 Å². The molecule has 1 saturated carbocycles. The third kappa shape index (κ3) is 7.64. The number of nitrogens with zero attached hydrogens (tertiary/aromatic N) is 1. The van der Waals surface area contributed by atoms with Crippen molar-refractivity contribution in [2.75, 3.05) is 20.2 Å². The zero-order valence-electron chi connectivity index (χ0n) is 17.2. The van der Waals surface area contributed by atoms with Crippen LogP contribution in [0, 0.1) is 17.6 Å². The number of amides is 1. The highest BCUT2D eigenvalue weighted by atomic mass is 19.1. The van der Waals surface area contributed by atoms with Crippen LogP contribution in [0.1, 0.15) is 43.5 Å². The molecule has 0 radical (unpaired) electrons. The zero-order valence-corrected chi connectivity index (χ0v) is 17.2. The summed E-state index contributed by atoms with van der Waals surface area (Å²) >= 11 is 0. The largest absolute Gasteiger partial charge is 0.483 e. The van der Waals surface area contributed by atoms with Gasteiger partial charge in [-0.2, -0.15) is 0 Å². The lowest BCUT2D eigenvalue weighted by Gasteiger charge is -2.09. The van der Waals surface area contributed by atoms with E-state index < -0.39 is 17.5 Å². The highest BCUT2D eigenvalue weighted by Crippen LogP contribution is 2.37. The molecule has 0 aromatic heterocycles. The minimum absolute atomic E-state index is 0.0247. The minimum Gasteiger partial charge on any atom is -0.483 e. The Hall–Kier alpha value is -2.76. The van der Waals surface area contributed by atoms with Crippen LogP contribution in [0.2, 0.25) is 0 Å². The number of benzene rings is 1. The van der Waals surface area contributed by atoms with Crippen LogP contribution in [0.3, 0.4) is 0 Å². The molecule has 1 aromatic carbocycles. The minimum atomic E-state index is -0.802. The highest BCUT2D eigenvalue weighted by molar-refractivity contribution is 5.96. The Bertz CT molecular complexity index is 817. The van der Waals surface area contributed by atoms with Crippen molar-refractivity contribution in [1.82, 2.24) is 5.32 Å². The summed E-state index contributed by atoms with van der Waals surface area (Å²) < 4.78 is 31.8. The number of methoxy groups -OCH3 is 1. The van der Waals surface area contributed by atoms with Gasteiger partial charge in [0.2, 0.25) is 5.90 Å². The number of hydrogen-bond acceptors (Lipinski definition) is 3. The number of rotatable bonds is 9. The second-order valence-electron chi connectivity index (χ2n) is 6.86. The molecule has 156 valence electrons. The molecule has 1 N–H and O–H groups in total. The van der Waals surface area contributed by atoms with Crippen LogP contribution < -0.4 is 5.32 Å². The zero-order chi connectivity index (χ0) is 21.2. The number of carbonyl (C=O) groups excluding carboxylic acids is 1. The van der Waals surface area contributed by atoms with Gasteiger partial charge < -0.3 is 10.1 Å². The standard InChI is InChI=1S/C23H28F2N2O2/c1-4-6-16(10-18(7-5-2)17-8-9-17)14-26-22(29-3)15-27-23(28)19-11-20(24)13-21(25)12-19/h4,6-7,10-13,17H,5,8-9,14-15H2,1-3H3,(H,27,28)/b6-4-,16-10+,18-7-,26-22?. The van der Waals surface area contributed by atoms with Gasteiger partial charge in [-0.05, 0) is 55.4 Å². The van der Waals surface area contributed by atoms with Gasteiger partial charge in [0.1, 0.15) is 11.6 Å². The molecular weight excluding hydrogens is 374 g/mol. The molecule has 0 unspecified atom stereocenters. The summed E-state index contributed by atoms with van der Waals surface area (Å²) in [6, 6.07) is 2.68. The first-order valence-corrected chi connectivity index (χ1v) is 9.81. The molecule has 4 nitrogen and oxygen atoms in total. The second kappa shape index (κ2) is 11.3. The molecule has 1 fully saturated rings. The Labute approximate surface area is 171 Å². The smallest absolute Gasteiger partial charge is 0.251 e. The molecule has 1 amide bonds. The maximum absolute atomic E-state index is 13.3. The van der Waals surface area contributed by atoms with Crippen LogP contribution in [0.25, 0.3) is 0 Å². The van der Waals surface area contributed by atoms with E-state index in [-0.39, 0.29) is 12.1 Å². The van der Waals surface area contributed by atoms with Gasteiger partial charge in [0.15, 0.2) is 0 Å². The molecule has 0 atom stereocenters. The molecule has 1 aliphatic carbocycles. The number of ether oxygens (including phenoxy) is 1. The van der Waals surface area contributed by atoms with Crippen LogP contribution in [0.5, 0.6) is 0 Å². The molecular formula is C23H28F2N2O2. The first kappa shape index (κ1) is 22.5. The van der Waals surface area contributed by atoms with Gasteiger partial charge in [-0.1, -0.05) is 31.2 Å². The average Bonchev–Trinajstić information content (AvgIpc) is 3.52. The van der Waals surface area contributed by atoms with Crippen molar-refractivity contribution in [2.24, 2.45) is 10.9 Å². The van der Waals surface area contributed by atoms with Gasteiger partial charge >= 0.3 is 0 Å². The fourth-order valence-corrected chi connectivity index (χ4v) is 2.89. The average molecular weight is 402 g/mol. The van der Waals surface area contributed by atoms with Crippen LogP contribution in [-0.4, -0.2) is 32.0 Å². The summed E-state index contributed by atoms with van der Waals surface area (Å²) in [6.07, 6.45) is 11.8. The molecule has 0 spiro atoms. The Kier molecular flexibility index (Phi) is 8.77. The summed E-state index contributed by atoms with van der Waals surface area (Å²) in [5.74, 6) is -1.23. The number of nitrogens with one attached hydrogen (secondary N) is 1. The fraction of sp³-hybridized carbons (Fsp3) is 0.391. The van der Waals surface area contributed by atoms with Gasteiger partial charge in [-0.15, -0.1) is 0 Å². The summed E-state index contributed by atoms with van der Waals surface area (Å²) in [5.41, 5.74) is 2.30. The monoisotopic (exact) mass is 402 g/mol. The van der Waals surface area contributed by atoms with E-state index in [0.717, 1.165) is 30.2 Å². The van der Waals surface area contributed by atoms with Crippen molar-refractivity contribution in [2.45, 2.75) is 33.1 Å². The first-order valence-electron chi connectivity index (χ1n) is 9.81. The van der Waals surface area contributed by atoms with E-state index in [4.69, 9.17) is 4.74 Å². The molecule has 0 aliphatic heterocycles. The van der Waals surface area contributed by atoms with Crippen LogP contribution in [0.15, 0.2) is 58.6 Å². The molecule has 6 heteroatoms. The second-order valence-corrected chi connectivity index (χ2v) is 6.86. The Balaban J connectivity index is 2.03. The Morgan fingerprint density at radius 2 is 1.97 bits per heavy atom. The quantitative estimate of drug-likeness (QED) is 0.359. The third-order valence-corrected chi connectivity index (χ3v) is 4.42. The van der Waals surface area contributed by atoms with Gasteiger partial charge in [0.25, 0.3) is 5.91 Å². The van der Waals surface area contributed by atoms with E-state index in [0.29, 0.717) is 18.4 Å². The lowest BCUT2D eigenvalue weighted by atomic mass is 10.1. The highest BCUT2D eigenvalue weighted by Gasteiger charge is 2.24. The van der Waals surface area contributed by atoms with Crippen molar-refractivity contribution < 1.29 is 18.3 Å².